The Balaban J connectivity index is 2.44. The van der Waals surface area contributed by atoms with E-state index in [4.69, 9.17) is 16.3 Å². The molecule has 1 aromatic carbocycles. The van der Waals surface area contributed by atoms with Gasteiger partial charge in [0.15, 0.2) is 0 Å². The van der Waals surface area contributed by atoms with Gasteiger partial charge in [-0.25, -0.2) is 0 Å². The highest BCUT2D eigenvalue weighted by Gasteiger charge is 2.09. The van der Waals surface area contributed by atoms with Crippen molar-refractivity contribution >= 4 is 17.6 Å². The number of hydrogen-bond acceptors (Lipinski definition) is 3. The van der Waals surface area contributed by atoms with Gasteiger partial charge in [0, 0.05) is 11.1 Å². The fourth-order valence-electron chi connectivity index (χ4n) is 1.43. The standard InChI is InChI=1S/C13H18ClNO2/c1-9(2)17-13(16)8-15-10(3)11-5-4-6-12(14)7-11/h4-7,9-10,15H,8H2,1-3H3/t10-/m1/s1. The number of carbonyl (C=O) groups excluding carboxylic acids is 1. The van der Waals surface area contributed by atoms with Crippen LogP contribution in [0.3, 0.4) is 0 Å². The van der Waals surface area contributed by atoms with Gasteiger partial charge in [-0.05, 0) is 38.5 Å². The second-order valence-electron chi connectivity index (χ2n) is 4.20. The Morgan fingerprint density at radius 3 is 2.71 bits per heavy atom. The van der Waals surface area contributed by atoms with Crippen molar-refractivity contribution < 1.29 is 9.53 Å². The summed E-state index contributed by atoms with van der Waals surface area (Å²) in [5.74, 6) is -0.242. The topological polar surface area (TPSA) is 38.3 Å². The first-order valence-electron chi connectivity index (χ1n) is 5.67. The number of halogens is 1. The van der Waals surface area contributed by atoms with E-state index in [9.17, 15) is 4.79 Å². The lowest BCUT2D eigenvalue weighted by Gasteiger charge is -2.15. The van der Waals surface area contributed by atoms with Gasteiger partial charge in [-0.1, -0.05) is 23.7 Å². The SMILES string of the molecule is CC(C)OC(=O)CN[C@H](C)c1cccc(Cl)c1. The average molecular weight is 256 g/mol. The Labute approximate surface area is 107 Å². The number of esters is 1. The van der Waals surface area contributed by atoms with Gasteiger partial charge in [-0.15, -0.1) is 0 Å². The molecule has 1 rings (SSSR count). The number of ether oxygens (including phenoxy) is 1. The summed E-state index contributed by atoms with van der Waals surface area (Å²) in [6.07, 6.45) is -0.0780. The van der Waals surface area contributed by atoms with Gasteiger partial charge in [-0.3, -0.25) is 4.79 Å². The normalized spacial score (nSPS) is 12.5. The van der Waals surface area contributed by atoms with Gasteiger partial charge < -0.3 is 10.1 Å². The fourth-order valence-corrected chi connectivity index (χ4v) is 1.63. The highest BCUT2D eigenvalue weighted by molar-refractivity contribution is 6.30. The molecular formula is C13H18ClNO2. The van der Waals surface area contributed by atoms with Crippen LogP contribution in [0, 0.1) is 0 Å². The van der Waals surface area contributed by atoms with Crippen LogP contribution in [-0.4, -0.2) is 18.6 Å². The van der Waals surface area contributed by atoms with E-state index in [1.165, 1.54) is 0 Å². The summed E-state index contributed by atoms with van der Waals surface area (Å²) in [6.45, 7) is 5.84. The largest absolute Gasteiger partial charge is 0.462 e. The number of carbonyl (C=O) groups is 1. The third kappa shape index (κ3) is 5.20. The number of benzene rings is 1. The summed E-state index contributed by atoms with van der Waals surface area (Å²) in [5, 5.41) is 3.79. The van der Waals surface area contributed by atoms with Crippen molar-refractivity contribution in [1.29, 1.82) is 0 Å². The molecule has 1 aromatic rings. The molecule has 0 radical (unpaired) electrons. The van der Waals surface area contributed by atoms with Crippen molar-refractivity contribution in [3.05, 3.63) is 34.9 Å². The first-order chi connectivity index (χ1) is 7.99. The summed E-state index contributed by atoms with van der Waals surface area (Å²) in [7, 11) is 0. The Morgan fingerprint density at radius 2 is 2.12 bits per heavy atom. The van der Waals surface area contributed by atoms with Crippen molar-refractivity contribution in [2.45, 2.75) is 32.9 Å². The Morgan fingerprint density at radius 1 is 1.41 bits per heavy atom. The molecule has 0 saturated heterocycles. The second-order valence-corrected chi connectivity index (χ2v) is 4.63. The summed E-state index contributed by atoms with van der Waals surface area (Å²) in [4.78, 5) is 11.3. The molecule has 0 aromatic heterocycles. The monoisotopic (exact) mass is 255 g/mol. The lowest BCUT2D eigenvalue weighted by atomic mass is 10.1. The molecule has 0 heterocycles. The number of nitrogens with one attached hydrogen (secondary N) is 1. The van der Waals surface area contributed by atoms with Crippen LogP contribution in [0.15, 0.2) is 24.3 Å². The van der Waals surface area contributed by atoms with Crippen LogP contribution < -0.4 is 5.32 Å². The first kappa shape index (κ1) is 14.0. The van der Waals surface area contributed by atoms with E-state index in [1.807, 2.05) is 45.0 Å². The predicted octanol–water partition coefficient (Wildman–Crippen LogP) is 2.94. The summed E-state index contributed by atoms with van der Waals surface area (Å²) < 4.78 is 5.03. The minimum atomic E-state index is -0.242. The highest BCUT2D eigenvalue weighted by Crippen LogP contribution is 2.16. The van der Waals surface area contributed by atoms with Crippen molar-refractivity contribution in [3.63, 3.8) is 0 Å². The van der Waals surface area contributed by atoms with Gasteiger partial charge in [0.1, 0.15) is 0 Å². The van der Waals surface area contributed by atoms with Crippen LogP contribution in [0.25, 0.3) is 0 Å². The molecule has 4 heteroatoms. The van der Waals surface area contributed by atoms with Crippen LogP contribution in [0.2, 0.25) is 5.02 Å². The molecule has 0 aliphatic rings. The Hall–Kier alpha value is -1.06. The van der Waals surface area contributed by atoms with Crippen LogP contribution in [-0.2, 0) is 9.53 Å². The zero-order valence-electron chi connectivity index (χ0n) is 10.4. The Bertz CT molecular complexity index is 379. The van der Waals surface area contributed by atoms with Crippen molar-refractivity contribution in [2.24, 2.45) is 0 Å². The van der Waals surface area contributed by atoms with E-state index >= 15 is 0 Å². The number of hydrogen-bond donors (Lipinski definition) is 1. The molecule has 0 fully saturated rings. The lowest BCUT2D eigenvalue weighted by Crippen LogP contribution is -2.28. The molecular weight excluding hydrogens is 238 g/mol. The molecule has 0 aliphatic heterocycles. The molecule has 94 valence electrons. The molecule has 0 aliphatic carbocycles. The summed E-state index contributed by atoms with van der Waals surface area (Å²) in [6, 6.07) is 7.63. The van der Waals surface area contributed by atoms with Crippen molar-refractivity contribution in [2.75, 3.05) is 6.54 Å². The maximum atomic E-state index is 11.3. The van der Waals surface area contributed by atoms with E-state index in [0.717, 1.165) is 5.56 Å². The third-order valence-electron chi connectivity index (χ3n) is 2.27. The molecule has 17 heavy (non-hydrogen) atoms. The molecule has 0 amide bonds. The van der Waals surface area contributed by atoms with Crippen LogP contribution in [0.5, 0.6) is 0 Å². The van der Waals surface area contributed by atoms with E-state index < -0.39 is 0 Å². The van der Waals surface area contributed by atoms with E-state index in [2.05, 4.69) is 5.32 Å². The molecule has 3 nitrogen and oxygen atoms in total. The quantitative estimate of drug-likeness (QED) is 0.822. The molecule has 1 atom stereocenters. The molecule has 1 N–H and O–H groups in total. The first-order valence-corrected chi connectivity index (χ1v) is 6.05. The zero-order chi connectivity index (χ0) is 12.8. The Kier molecular flexibility index (Phi) is 5.45. The second kappa shape index (κ2) is 6.62. The van der Waals surface area contributed by atoms with Gasteiger partial charge in [0.05, 0.1) is 12.6 Å². The van der Waals surface area contributed by atoms with Gasteiger partial charge in [0.2, 0.25) is 0 Å². The maximum Gasteiger partial charge on any atom is 0.320 e. The minimum Gasteiger partial charge on any atom is -0.462 e. The van der Waals surface area contributed by atoms with Crippen LogP contribution >= 0.6 is 11.6 Å². The van der Waals surface area contributed by atoms with E-state index in [0.29, 0.717) is 5.02 Å². The lowest BCUT2D eigenvalue weighted by molar-refractivity contribution is -0.146. The van der Waals surface area contributed by atoms with Gasteiger partial charge >= 0.3 is 5.97 Å². The maximum absolute atomic E-state index is 11.3. The zero-order valence-corrected chi connectivity index (χ0v) is 11.1. The predicted molar refractivity (Wildman–Crippen MR) is 69.1 cm³/mol. The van der Waals surface area contributed by atoms with Gasteiger partial charge in [0.25, 0.3) is 0 Å². The molecule has 0 spiro atoms. The summed E-state index contributed by atoms with van der Waals surface area (Å²) >= 11 is 5.90. The molecule has 0 unspecified atom stereocenters. The van der Waals surface area contributed by atoms with Crippen molar-refractivity contribution in [3.8, 4) is 0 Å². The highest BCUT2D eigenvalue weighted by atomic mass is 35.5. The summed E-state index contributed by atoms with van der Waals surface area (Å²) in [5.41, 5.74) is 1.05. The number of rotatable bonds is 5. The van der Waals surface area contributed by atoms with Gasteiger partial charge in [-0.2, -0.15) is 0 Å². The molecule has 0 bridgehead atoms. The van der Waals surface area contributed by atoms with E-state index in [-0.39, 0.29) is 24.7 Å². The van der Waals surface area contributed by atoms with Crippen molar-refractivity contribution in [1.82, 2.24) is 5.32 Å². The van der Waals surface area contributed by atoms with Crippen LogP contribution in [0.4, 0.5) is 0 Å². The smallest absolute Gasteiger partial charge is 0.320 e. The third-order valence-corrected chi connectivity index (χ3v) is 2.50. The fraction of sp³-hybridized carbons (Fsp3) is 0.462. The average Bonchev–Trinajstić information content (AvgIpc) is 2.25. The minimum absolute atomic E-state index is 0.0633. The van der Waals surface area contributed by atoms with Crippen LogP contribution in [0.1, 0.15) is 32.4 Å². The molecule has 0 saturated carbocycles. The van der Waals surface area contributed by atoms with E-state index in [1.54, 1.807) is 0 Å².